The molecule has 3 rings (SSSR count). The Bertz CT molecular complexity index is 739. The van der Waals surface area contributed by atoms with E-state index in [4.69, 9.17) is 9.47 Å². The van der Waals surface area contributed by atoms with Crippen LogP contribution in [-0.4, -0.2) is 25.1 Å². The van der Waals surface area contributed by atoms with Gasteiger partial charge in [-0.1, -0.05) is 18.2 Å². The highest BCUT2D eigenvalue weighted by Gasteiger charge is 2.28. The molecule has 0 saturated heterocycles. The minimum absolute atomic E-state index is 0.102. The Balaban J connectivity index is 1.70. The molecule has 0 bridgehead atoms. The van der Waals surface area contributed by atoms with Crippen LogP contribution in [0.4, 0.5) is 5.00 Å². The van der Waals surface area contributed by atoms with E-state index < -0.39 is 0 Å². The van der Waals surface area contributed by atoms with Gasteiger partial charge in [-0.05, 0) is 43.9 Å². The molecule has 1 aliphatic rings. The van der Waals surface area contributed by atoms with E-state index in [9.17, 15) is 9.59 Å². The maximum Gasteiger partial charge on any atom is 0.341 e. The van der Waals surface area contributed by atoms with Crippen molar-refractivity contribution in [3.63, 3.8) is 0 Å². The lowest BCUT2D eigenvalue weighted by Crippen LogP contribution is -2.21. The number of thiophene rings is 1. The predicted octanol–water partition coefficient (Wildman–Crippen LogP) is 3.43. The van der Waals surface area contributed by atoms with Crippen LogP contribution in [0.3, 0.4) is 0 Å². The van der Waals surface area contributed by atoms with Crippen molar-refractivity contribution in [2.45, 2.75) is 26.2 Å². The lowest BCUT2D eigenvalue weighted by Gasteiger charge is -2.09. The van der Waals surface area contributed by atoms with E-state index in [0.29, 0.717) is 22.9 Å². The second kappa shape index (κ2) is 7.49. The number of amides is 1. The Hall–Kier alpha value is -2.34. The van der Waals surface area contributed by atoms with Crippen LogP contribution in [0.5, 0.6) is 5.75 Å². The summed E-state index contributed by atoms with van der Waals surface area (Å²) in [6.07, 6.45) is 2.85. The van der Waals surface area contributed by atoms with Crippen LogP contribution in [0, 0.1) is 0 Å². The van der Waals surface area contributed by atoms with Gasteiger partial charge >= 0.3 is 5.97 Å². The first-order chi connectivity index (χ1) is 11.7. The fourth-order valence-corrected chi connectivity index (χ4v) is 4.03. The van der Waals surface area contributed by atoms with E-state index in [-0.39, 0.29) is 18.5 Å². The van der Waals surface area contributed by atoms with Gasteiger partial charge in [0.05, 0.1) is 12.2 Å². The number of esters is 1. The third kappa shape index (κ3) is 3.59. The van der Waals surface area contributed by atoms with Gasteiger partial charge in [0.2, 0.25) is 0 Å². The summed E-state index contributed by atoms with van der Waals surface area (Å²) in [6, 6.07) is 9.14. The second-order valence-corrected chi connectivity index (χ2v) is 6.54. The predicted molar refractivity (Wildman–Crippen MR) is 92.9 cm³/mol. The molecule has 1 N–H and O–H groups in total. The first-order valence-electron chi connectivity index (χ1n) is 7.98. The number of hydrogen-bond acceptors (Lipinski definition) is 5. The summed E-state index contributed by atoms with van der Waals surface area (Å²) in [6.45, 7) is 1.99. The van der Waals surface area contributed by atoms with E-state index in [1.54, 1.807) is 19.1 Å². The quantitative estimate of drug-likeness (QED) is 0.815. The largest absolute Gasteiger partial charge is 0.484 e. The van der Waals surface area contributed by atoms with Gasteiger partial charge in [0.15, 0.2) is 6.61 Å². The Labute approximate surface area is 144 Å². The molecule has 0 unspecified atom stereocenters. The molecule has 1 heterocycles. The minimum Gasteiger partial charge on any atom is -0.484 e. The van der Waals surface area contributed by atoms with Crippen LogP contribution in [0.1, 0.15) is 34.1 Å². The highest BCUT2D eigenvalue weighted by molar-refractivity contribution is 7.17. The Morgan fingerprint density at radius 3 is 2.75 bits per heavy atom. The number of rotatable bonds is 6. The maximum atomic E-state index is 12.2. The molecule has 1 aliphatic carbocycles. The summed E-state index contributed by atoms with van der Waals surface area (Å²) in [7, 11) is 0. The molecule has 126 valence electrons. The third-order valence-electron chi connectivity index (χ3n) is 3.77. The zero-order valence-electron chi connectivity index (χ0n) is 13.5. The monoisotopic (exact) mass is 345 g/mol. The number of carbonyl (C=O) groups is 2. The average molecular weight is 345 g/mol. The van der Waals surface area contributed by atoms with Gasteiger partial charge in [0, 0.05) is 4.88 Å². The van der Waals surface area contributed by atoms with Crippen molar-refractivity contribution in [2.24, 2.45) is 0 Å². The van der Waals surface area contributed by atoms with Crippen LogP contribution in [0.25, 0.3) is 0 Å². The number of ether oxygens (including phenoxy) is 2. The first-order valence-corrected chi connectivity index (χ1v) is 8.80. The SMILES string of the molecule is CCOC(=O)c1c(NC(=O)COc2ccccc2)sc2c1CCC2. The highest BCUT2D eigenvalue weighted by atomic mass is 32.1. The topological polar surface area (TPSA) is 64.6 Å². The molecule has 0 atom stereocenters. The van der Waals surface area contributed by atoms with Gasteiger partial charge < -0.3 is 14.8 Å². The number of nitrogens with one attached hydrogen (secondary N) is 1. The Morgan fingerprint density at radius 1 is 1.21 bits per heavy atom. The molecule has 1 amide bonds. The molecule has 0 saturated carbocycles. The Kier molecular flexibility index (Phi) is 5.15. The van der Waals surface area contributed by atoms with Crippen molar-refractivity contribution in [1.29, 1.82) is 0 Å². The lowest BCUT2D eigenvalue weighted by molar-refractivity contribution is -0.118. The number of anilines is 1. The molecular formula is C18H19NO4S. The van der Waals surface area contributed by atoms with E-state index in [0.717, 1.165) is 29.7 Å². The molecule has 0 aliphatic heterocycles. The minimum atomic E-state index is -0.365. The number of hydrogen-bond donors (Lipinski definition) is 1. The summed E-state index contributed by atoms with van der Waals surface area (Å²) < 4.78 is 10.6. The van der Waals surface area contributed by atoms with Crippen LogP contribution in [0.2, 0.25) is 0 Å². The van der Waals surface area contributed by atoms with E-state index in [1.807, 2.05) is 18.2 Å². The number of benzene rings is 1. The van der Waals surface area contributed by atoms with Crippen molar-refractivity contribution in [3.8, 4) is 5.75 Å². The zero-order valence-corrected chi connectivity index (χ0v) is 14.3. The van der Waals surface area contributed by atoms with Crippen molar-refractivity contribution >= 4 is 28.2 Å². The van der Waals surface area contributed by atoms with E-state index in [1.165, 1.54) is 11.3 Å². The average Bonchev–Trinajstić information content (AvgIpc) is 3.14. The molecule has 0 fully saturated rings. The molecule has 6 heteroatoms. The van der Waals surface area contributed by atoms with Crippen LogP contribution in [-0.2, 0) is 22.4 Å². The smallest absolute Gasteiger partial charge is 0.341 e. The van der Waals surface area contributed by atoms with Crippen LogP contribution >= 0.6 is 11.3 Å². The second-order valence-electron chi connectivity index (χ2n) is 5.43. The molecule has 1 aromatic heterocycles. The normalized spacial score (nSPS) is 12.5. The third-order valence-corrected chi connectivity index (χ3v) is 4.97. The Morgan fingerprint density at radius 2 is 2.00 bits per heavy atom. The first kappa shape index (κ1) is 16.5. The molecule has 2 aromatic rings. The summed E-state index contributed by atoms with van der Waals surface area (Å²) in [4.78, 5) is 25.6. The number of para-hydroxylation sites is 1. The van der Waals surface area contributed by atoms with Crippen molar-refractivity contribution < 1.29 is 19.1 Å². The summed E-state index contributed by atoms with van der Waals surface area (Å²) in [5.41, 5.74) is 1.54. The highest BCUT2D eigenvalue weighted by Crippen LogP contribution is 2.39. The van der Waals surface area contributed by atoms with Crippen molar-refractivity contribution in [2.75, 3.05) is 18.5 Å². The molecule has 0 radical (unpaired) electrons. The van der Waals surface area contributed by atoms with Crippen LogP contribution < -0.4 is 10.1 Å². The number of fused-ring (bicyclic) bond motifs is 1. The number of carbonyl (C=O) groups excluding carboxylic acids is 2. The zero-order chi connectivity index (χ0) is 16.9. The molecule has 1 aromatic carbocycles. The maximum absolute atomic E-state index is 12.2. The summed E-state index contributed by atoms with van der Waals surface area (Å²) >= 11 is 1.46. The molecule has 0 spiro atoms. The van der Waals surface area contributed by atoms with Gasteiger partial charge in [-0.2, -0.15) is 0 Å². The molecule has 24 heavy (non-hydrogen) atoms. The molecule has 5 nitrogen and oxygen atoms in total. The van der Waals surface area contributed by atoms with E-state index in [2.05, 4.69) is 5.32 Å². The van der Waals surface area contributed by atoms with E-state index >= 15 is 0 Å². The summed E-state index contributed by atoms with van der Waals surface area (Å²) in [5, 5.41) is 3.37. The van der Waals surface area contributed by atoms with Gasteiger partial charge in [-0.25, -0.2) is 4.79 Å². The standard InChI is InChI=1S/C18H19NO4S/c1-2-22-18(21)16-13-9-6-10-14(13)24-17(16)19-15(20)11-23-12-7-4-3-5-8-12/h3-5,7-8H,2,6,9-11H2,1H3,(H,19,20). The van der Waals surface area contributed by atoms with Crippen LogP contribution in [0.15, 0.2) is 30.3 Å². The molecular weight excluding hydrogens is 326 g/mol. The fourth-order valence-electron chi connectivity index (χ4n) is 2.74. The van der Waals surface area contributed by atoms with Crippen molar-refractivity contribution in [1.82, 2.24) is 0 Å². The fraction of sp³-hybridized carbons (Fsp3) is 0.333. The lowest BCUT2D eigenvalue weighted by atomic mass is 10.1. The van der Waals surface area contributed by atoms with Gasteiger partial charge in [-0.3, -0.25) is 4.79 Å². The number of aryl methyl sites for hydroxylation is 1. The summed E-state index contributed by atoms with van der Waals surface area (Å²) in [5.74, 6) is -0.0209. The van der Waals surface area contributed by atoms with Crippen molar-refractivity contribution in [3.05, 3.63) is 46.3 Å². The van der Waals surface area contributed by atoms with Gasteiger partial charge in [0.25, 0.3) is 5.91 Å². The van der Waals surface area contributed by atoms with Gasteiger partial charge in [0.1, 0.15) is 10.8 Å². The van der Waals surface area contributed by atoms with Gasteiger partial charge in [-0.15, -0.1) is 11.3 Å².